The molecular formula is C13H22O2. The zero-order chi connectivity index (χ0) is 11.7. The summed E-state index contributed by atoms with van der Waals surface area (Å²) in [5.74, 6) is 0.294. The first-order valence-electron chi connectivity index (χ1n) is 5.58. The first-order chi connectivity index (χ1) is 7.11. The van der Waals surface area contributed by atoms with E-state index in [-0.39, 0.29) is 5.97 Å². The normalized spacial score (nSPS) is 13.4. The second-order valence-electron chi connectivity index (χ2n) is 3.83. The minimum Gasteiger partial charge on any atom is -0.435 e. The molecule has 2 heteroatoms. The van der Waals surface area contributed by atoms with Gasteiger partial charge in [0.2, 0.25) is 0 Å². The third-order valence-corrected chi connectivity index (χ3v) is 2.49. The van der Waals surface area contributed by atoms with E-state index in [9.17, 15) is 4.79 Å². The highest BCUT2D eigenvalue weighted by Crippen LogP contribution is 2.17. The Kier molecular flexibility index (Phi) is 7.69. The second-order valence-corrected chi connectivity index (χ2v) is 3.83. The van der Waals surface area contributed by atoms with E-state index >= 15 is 0 Å². The van der Waals surface area contributed by atoms with Gasteiger partial charge < -0.3 is 4.74 Å². The van der Waals surface area contributed by atoms with E-state index in [1.807, 2.05) is 13.0 Å². The van der Waals surface area contributed by atoms with Crippen LogP contribution in [-0.2, 0) is 9.53 Å². The Morgan fingerprint density at radius 1 is 1.53 bits per heavy atom. The van der Waals surface area contributed by atoms with Crippen LogP contribution in [0.5, 0.6) is 0 Å². The van der Waals surface area contributed by atoms with Crippen LogP contribution in [-0.4, -0.2) is 5.97 Å². The van der Waals surface area contributed by atoms with Crippen LogP contribution in [0.25, 0.3) is 0 Å². The first kappa shape index (κ1) is 13.9. The monoisotopic (exact) mass is 210 g/mol. The molecular weight excluding hydrogens is 188 g/mol. The average molecular weight is 210 g/mol. The zero-order valence-corrected chi connectivity index (χ0v) is 10.1. The van der Waals surface area contributed by atoms with Crippen LogP contribution >= 0.6 is 0 Å². The third kappa shape index (κ3) is 6.95. The molecule has 0 fully saturated rings. The summed E-state index contributed by atoms with van der Waals surface area (Å²) in [4.78, 5) is 10.9. The number of ether oxygens (including phenoxy) is 1. The minimum atomic E-state index is -0.173. The van der Waals surface area contributed by atoms with Gasteiger partial charge in [-0.05, 0) is 37.7 Å². The van der Waals surface area contributed by atoms with Gasteiger partial charge in [-0.2, -0.15) is 0 Å². The molecule has 1 unspecified atom stereocenters. The molecule has 0 amide bonds. The average Bonchev–Trinajstić information content (AvgIpc) is 2.25. The Morgan fingerprint density at radius 3 is 2.73 bits per heavy atom. The van der Waals surface area contributed by atoms with Crippen LogP contribution in [0.1, 0.15) is 46.5 Å². The van der Waals surface area contributed by atoms with Gasteiger partial charge in [0.05, 0.1) is 6.26 Å². The molecule has 2 nitrogen and oxygen atoms in total. The van der Waals surface area contributed by atoms with Crippen molar-refractivity contribution >= 4 is 5.97 Å². The fourth-order valence-corrected chi connectivity index (χ4v) is 1.15. The van der Waals surface area contributed by atoms with Gasteiger partial charge in [0.15, 0.2) is 0 Å². The van der Waals surface area contributed by atoms with Gasteiger partial charge in [0, 0.05) is 6.42 Å². The highest BCUT2D eigenvalue weighted by atomic mass is 16.5. The molecule has 0 aromatic heterocycles. The van der Waals surface area contributed by atoms with E-state index in [0.29, 0.717) is 12.3 Å². The van der Waals surface area contributed by atoms with E-state index in [1.54, 1.807) is 13.2 Å². The van der Waals surface area contributed by atoms with Gasteiger partial charge in [-0.25, -0.2) is 0 Å². The van der Waals surface area contributed by atoms with Crippen molar-refractivity contribution in [1.82, 2.24) is 0 Å². The van der Waals surface area contributed by atoms with Crippen molar-refractivity contribution in [2.45, 2.75) is 46.5 Å². The number of carbonyl (C=O) groups excluding carboxylic acids is 1. The molecule has 0 spiro atoms. The lowest BCUT2D eigenvalue weighted by Crippen LogP contribution is -2.01. The number of hydrogen-bond donors (Lipinski definition) is 0. The summed E-state index contributed by atoms with van der Waals surface area (Å²) < 4.78 is 4.96. The lowest BCUT2D eigenvalue weighted by atomic mass is 9.97. The molecule has 0 aliphatic carbocycles. The molecule has 0 aliphatic rings. The van der Waals surface area contributed by atoms with Crippen molar-refractivity contribution in [3.63, 3.8) is 0 Å². The second kappa shape index (κ2) is 8.27. The van der Waals surface area contributed by atoms with Crippen LogP contribution in [0.2, 0.25) is 0 Å². The van der Waals surface area contributed by atoms with Gasteiger partial charge in [-0.15, -0.1) is 6.58 Å². The third-order valence-electron chi connectivity index (χ3n) is 2.49. The number of unbranched alkanes of at least 4 members (excludes halogenated alkanes) is 1. The maximum absolute atomic E-state index is 10.9. The van der Waals surface area contributed by atoms with Crippen molar-refractivity contribution in [1.29, 1.82) is 0 Å². The molecule has 0 aromatic rings. The van der Waals surface area contributed by atoms with Crippen LogP contribution in [0.3, 0.4) is 0 Å². The Morgan fingerprint density at radius 2 is 2.20 bits per heavy atom. The summed E-state index contributed by atoms with van der Waals surface area (Å²) in [6.07, 6.45) is 7.24. The van der Waals surface area contributed by atoms with Crippen LogP contribution in [0.15, 0.2) is 24.5 Å². The summed E-state index contributed by atoms with van der Waals surface area (Å²) in [5, 5.41) is 0. The number of rotatable bonds is 7. The summed E-state index contributed by atoms with van der Waals surface area (Å²) in [5.41, 5.74) is 1.13. The highest BCUT2D eigenvalue weighted by molar-refractivity contribution is 5.69. The molecule has 0 saturated carbocycles. The first-order valence-corrected chi connectivity index (χ1v) is 5.58. The van der Waals surface area contributed by atoms with Crippen LogP contribution in [0, 0.1) is 5.92 Å². The summed E-state index contributed by atoms with van der Waals surface area (Å²) in [6.45, 7) is 9.63. The number of carbonyl (C=O) groups is 1. The van der Waals surface area contributed by atoms with Gasteiger partial charge >= 0.3 is 5.97 Å². The minimum absolute atomic E-state index is 0.173. The van der Waals surface area contributed by atoms with E-state index in [1.165, 1.54) is 0 Å². The van der Waals surface area contributed by atoms with Crippen molar-refractivity contribution in [2.75, 3.05) is 0 Å². The molecule has 1 atom stereocenters. The van der Waals surface area contributed by atoms with Gasteiger partial charge in [0.1, 0.15) is 0 Å². The Balaban J connectivity index is 3.89. The van der Waals surface area contributed by atoms with Crippen molar-refractivity contribution in [2.24, 2.45) is 5.92 Å². The van der Waals surface area contributed by atoms with Gasteiger partial charge in [-0.3, -0.25) is 4.79 Å². The Bertz CT molecular complexity index is 229. The predicted octanol–water partition coefficient (Wildman–Crippen LogP) is 3.84. The SMILES string of the molecule is C=CCCCC(C)/C(C)=C/OC(=O)CC. The standard InChI is InChI=1S/C13H22O2/c1-5-7-8-9-11(3)12(4)10-15-13(14)6-2/h5,10-11H,1,6-9H2,2-4H3/b12-10+. The van der Waals surface area contributed by atoms with E-state index in [4.69, 9.17) is 4.74 Å². The van der Waals surface area contributed by atoms with E-state index in [2.05, 4.69) is 13.5 Å². The van der Waals surface area contributed by atoms with E-state index < -0.39 is 0 Å². The van der Waals surface area contributed by atoms with Crippen LogP contribution < -0.4 is 0 Å². The maximum Gasteiger partial charge on any atom is 0.310 e. The largest absolute Gasteiger partial charge is 0.435 e. The highest BCUT2D eigenvalue weighted by Gasteiger charge is 2.04. The number of hydrogen-bond acceptors (Lipinski definition) is 2. The van der Waals surface area contributed by atoms with E-state index in [0.717, 1.165) is 24.8 Å². The van der Waals surface area contributed by atoms with Crippen molar-refractivity contribution in [3.8, 4) is 0 Å². The quantitative estimate of drug-likeness (QED) is 0.276. The molecule has 0 heterocycles. The molecule has 0 saturated heterocycles. The smallest absolute Gasteiger partial charge is 0.310 e. The molecule has 15 heavy (non-hydrogen) atoms. The molecule has 0 bridgehead atoms. The maximum atomic E-state index is 10.9. The summed E-state index contributed by atoms with van der Waals surface area (Å²) in [6, 6.07) is 0. The molecule has 0 radical (unpaired) electrons. The molecule has 0 N–H and O–H groups in total. The van der Waals surface area contributed by atoms with Crippen molar-refractivity contribution in [3.05, 3.63) is 24.5 Å². The van der Waals surface area contributed by atoms with Gasteiger partial charge in [-0.1, -0.05) is 19.9 Å². The molecule has 0 aromatic carbocycles. The molecule has 86 valence electrons. The zero-order valence-electron chi connectivity index (χ0n) is 10.1. The molecule has 0 aliphatic heterocycles. The number of allylic oxidation sites excluding steroid dienone is 2. The predicted molar refractivity (Wildman–Crippen MR) is 63.4 cm³/mol. The molecule has 0 rings (SSSR count). The summed E-state index contributed by atoms with van der Waals surface area (Å²) in [7, 11) is 0. The fraction of sp³-hybridized carbons (Fsp3) is 0.615. The van der Waals surface area contributed by atoms with Crippen LogP contribution in [0.4, 0.5) is 0 Å². The topological polar surface area (TPSA) is 26.3 Å². The Labute approximate surface area is 93.0 Å². The van der Waals surface area contributed by atoms with Crippen molar-refractivity contribution < 1.29 is 9.53 Å². The lowest BCUT2D eigenvalue weighted by Gasteiger charge is -2.10. The van der Waals surface area contributed by atoms with Gasteiger partial charge in [0.25, 0.3) is 0 Å². The lowest BCUT2D eigenvalue weighted by molar-refractivity contribution is -0.137. The Hall–Kier alpha value is -1.05. The summed E-state index contributed by atoms with van der Waals surface area (Å²) >= 11 is 0. The number of esters is 1. The fourth-order valence-electron chi connectivity index (χ4n) is 1.15.